The summed E-state index contributed by atoms with van der Waals surface area (Å²) in [7, 11) is 0. The van der Waals surface area contributed by atoms with Crippen LogP contribution in [0.5, 0.6) is 0 Å². The van der Waals surface area contributed by atoms with Crippen molar-refractivity contribution in [3.63, 3.8) is 0 Å². The summed E-state index contributed by atoms with van der Waals surface area (Å²) in [6.07, 6.45) is 2.84. The average molecular weight is 372 g/mol. The molecule has 0 bridgehead atoms. The molecule has 3 rings (SSSR count). The summed E-state index contributed by atoms with van der Waals surface area (Å²) in [5.74, 6) is 0.250. The monoisotopic (exact) mass is 370 g/mol. The number of carbonyl (C=O) groups is 1. The van der Waals surface area contributed by atoms with Crippen molar-refractivity contribution in [2.45, 2.75) is 10.2 Å². The van der Waals surface area contributed by atoms with Crippen LogP contribution in [0.25, 0.3) is 0 Å². The Hall–Kier alpha value is -1.96. The van der Waals surface area contributed by atoms with Gasteiger partial charge in [0.1, 0.15) is 18.5 Å². The van der Waals surface area contributed by atoms with Crippen LogP contribution in [0.4, 0.5) is 4.79 Å². The fourth-order valence-electron chi connectivity index (χ4n) is 1.91. The van der Waals surface area contributed by atoms with E-state index in [4.69, 9.17) is 34.8 Å². The molecule has 118 valence electrons. The maximum absolute atomic E-state index is 12.5. The highest BCUT2D eigenvalue weighted by atomic mass is 35.6. The van der Waals surface area contributed by atoms with E-state index >= 15 is 0 Å². The summed E-state index contributed by atoms with van der Waals surface area (Å²) < 4.78 is 0.240. The molecule has 0 spiro atoms. The molecule has 1 aromatic carbocycles. The number of benzene rings is 1. The Morgan fingerprint density at radius 1 is 1.17 bits per heavy atom. The smallest absolute Gasteiger partial charge is 0.243 e. The molecule has 0 radical (unpaired) electrons. The van der Waals surface area contributed by atoms with Crippen LogP contribution in [0.2, 0.25) is 0 Å². The number of hydrogen-bond donors (Lipinski definition) is 0. The van der Waals surface area contributed by atoms with Gasteiger partial charge >= 0.3 is 6.03 Å². The number of aromatic nitrogens is 6. The Bertz CT molecular complexity index is 810. The second-order valence-electron chi connectivity index (χ2n) is 4.55. The largest absolute Gasteiger partial charge is 0.372 e. The number of hydrogen-bond acceptors (Lipinski definition) is 5. The predicted molar refractivity (Wildman–Crippen MR) is 84.7 cm³/mol. The number of alkyl halides is 3. The Morgan fingerprint density at radius 3 is 2.52 bits per heavy atom. The lowest BCUT2D eigenvalue weighted by atomic mass is 10.1. The number of nitrogens with zero attached hydrogens (tertiary/aromatic N) is 6. The van der Waals surface area contributed by atoms with Gasteiger partial charge in [-0.05, 0) is 5.56 Å². The molecule has 0 aliphatic heterocycles. The Kier molecular flexibility index (Phi) is 4.34. The third-order valence-electron chi connectivity index (χ3n) is 2.93. The van der Waals surface area contributed by atoms with Crippen molar-refractivity contribution in [1.29, 1.82) is 0 Å². The summed E-state index contributed by atoms with van der Waals surface area (Å²) in [4.78, 5) is 20.4. The normalized spacial score (nSPS) is 11.6. The number of carbonyl (C=O) groups excluding carboxylic acids is 1. The summed E-state index contributed by atoms with van der Waals surface area (Å²) in [6.45, 7) is 0. The Labute approximate surface area is 145 Å². The first-order valence-corrected chi connectivity index (χ1v) is 7.55. The Balaban J connectivity index is 2.02. The molecule has 0 saturated heterocycles. The van der Waals surface area contributed by atoms with Crippen molar-refractivity contribution in [3.8, 4) is 0 Å². The fourth-order valence-corrected chi connectivity index (χ4v) is 2.15. The maximum atomic E-state index is 12.5. The molecule has 2 heterocycles. The van der Waals surface area contributed by atoms with Crippen molar-refractivity contribution in [2.24, 2.45) is 0 Å². The van der Waals surface area contributed by atoms with Gasteiger partial charge in [-0.25, -0.2) is 14.8 Å². The highest BCUT2D eigenvalue weighted by Crippen LogP contribution is 2.36. The molecule has 0 amide bonds. The summed E-state index contributed by atoms with van der Waals surface area (Å²) in [6, 6.07) is 8.88. The van der Waals surface area contributed by atoms with Crippen molar-refractivity contribution in [3.05, 3.63) is 60.2 Å². The molecular weight excluding hydrogens is 363 g/mol. The van der Waals surface area contributed by atoms with E-state index < -0.39 is 9.82 Å². The zero-order valence-electron chi connectivity index (χ0n) is 11.5. The van der Waals surface area contributed by atoms with Gasteiger partial charge in [-0.2, -0.15) is 14.5 Å². The maximum Gasteiger partial charge on any atom is 0.372 e. The molecule has 10 heteroatoms. The molecule has 0 fully saturated rings. The molecule has 2 aromatic heterocycles. The van der Waals surface area contributed by atoms with E-state index in [-0.39, 0.29) is 5.82 Å². The molecule has 0 aliphatic rings. The lowest BCUT2D eigenvalue weighted by Crippen LogP contribution is -2.23. The van der Waals surface area contributed by atoms with Crippen molar-refractivity contribution in [1.82, 2.24) is 29.5 Å². The van der Waals surface area contributed by atoms with Gasteiger partial charge in [0.25, 0.3) is 3.79 Å². The van der Waals surface area contributed by atoms with E-state index in [0.29, 0.717) is 12.2 Å². The summed E-state index contributed by atoms with van der Waals surface area (Å²) in [5, 5.41) is 7.79. The van der Waals surface area contributed by atoms with E-state index in [1.807, 2.05) is 30.3 Å². The van der Waals surface area contributed by atoms with Gasteiger partial charge in [-0.3, -0.25) is 0 Å². The molecule has 23 heavy (non-hydrogen) atoms. The van der Waals surface area contributed by atoms with E-state index in [9.17, 15) is 4.79 Å². The molecule has 0 atom stereocenters. The fraction of sp³-hybridized carbons (Fsp3) is 0.154. The van der Waals surface area contributed by atoms with Crippen molar-refractivity contribution < 1.29 is 4.79 Å². The molecule has 0 aliphatic carbocycles. The number of rotatable bonds is 2. The standard InChI is InChI=1S/C13H9Cl3N6O/c14-13(15,16)11-19-10(6-9-4-2-1-3-5-9)22(20-11)12(23)21-8-17-7-18-21/h1-5,7-8H,6H2. The van der Waals surface area contributed by atoms with Crippen LogP contribution < -0.4 is 0 Å². The third kappa shape index (κ3) is 3.52. The van der Waals surface area contributed by atoms with E-state index in [1.165, 1.54) is 12.7 Å². The average Bonchev–Trinajstić information content (AvgIpc) is 3.16. The lowest BCUT2D eigenvalue weighted by Gasteiger charge is -2.04. The van der Waals surface area contributed by atoms with Crippen LogP contribution >= 0.6 is 34.8 Å². The van der Waals surface area contributed by atoms with Crippen molar-refractivity contribution >= 4 is 40.8 Å². The van der Waals surface area contributed by atoms with Gasteiger partial charge in [0.05, 0.1) is 0 Å². The van der Waals surface area contributed by atoms with Crippen molar-refractivity contribution in [2.75, 3.05) is 0 Å². The van der Waals surface area contributed by atoms with Crippen LogP contribution in [0, 0.1) is 0 Å². The third-order valence-corrected chi connectivity index (χ3v) is 3.44. The predicted octanol–water partition coefficient (Wildman–Crippen LogP) is 2.80. The van der Waals surface area contributed by atoms with E-state index in [0.717, 1.165) is 14.9 Å². The molecule has 3 aromatic rings. The molecule has 7 nitrogen and oxygen atoms in total. The Morgan fingerprint density at radius 2 is 1.91 bits per heavy atom. The van der Waals surface area contributed by atoms with Gasteiger partial charge in [0, 0.05) is 6.42 Å². The molecule has 0 N–H and O–H groups in total. The summed E-state index contributed by atoms with van der Waals surface area (Å²) in [5.41, 5.74) is 0.934. The first kappa shape index (κ1) is 15.9. The van der Waals surface area contributed by atoms with Crippen LogP contribution in [0.15, 0.2) is 43.0 Å². The first-order chi connectivity index (χ1) is 10.9. The minimum atomic E-state index is -1.83. The highest BCUT2D eigenvalue weighted by molar-refractivity contribution is 6.66. The van der Waals surface area contributed by atoms with Crippen LogP contribution in [-0.2, 0) is 10.2 Å². The second-order valence-corrected chi connectivity index (χ2v) is 6.83. The van der Waals surface area contributed by atoms with Crippen LogP contribution in [0.3, 0.4) is 0 Å². The number of halogens is 3. The second kappa shape index (κ2) is 6.27. The van der Waals surface area contributed by atoms with Crippen LogP contribution in [0.1, 0.15) is 17.2 Å². The van der Waals surface area contributed by atoms with Gasteiger partial charge in [0.15, 0.2) is 0 Å². The van der Waals surface area contributed by atoms with E-state index in [2.05, 4.69) is 20.2 Å². The van der Waals surface area contributed by atoms with Gasteiger partial charge in [0.2, 0.25) is 5.82 Å². The minimum absolute atomic E-state index is 0.0816. The zero-order valence-corrected chi connectivity index (χ0v) is 13.7. The molecular formula is C13H9Cl3N6O. The topological polar surface area (TPSA) is 78.5 Å². The van der Waals surface area contributed by atoms with Gasteiger partial charge in [-0.1, -0.05) is 65.1 Å². The van der Waals surface area contributed by atoms with Gasteiger partial charge < -0.3 is 0 Å². The zero-order chi connectivity index (χ0) is 16.4. The van der Waals surface area contributed by atoms with Crippen LogP contribution in [-0.4, -0.2) is 35.6 Å². The first-order valence-electron chi connectivity index (χ1n) is 6.41. The minimum Gasteiger partial charge on any atom is -0.243 e. The molecule has 0 unspecified atom stereocenters. The van der Waals surface area contributed by atoms with E-state index in [1.54, 1.807) is 0 Å². The molecule has 0 saturated carbocycles. The van der Waals surface area contributed by atoms with Gasteiger partial charge in [-0.15, -0.1) is 5.10 Å². The quantitative estimate of drug-likeness (QED) is 0.647. The highest BCUT2D eigenvalue weighted by Gasteiger charge is 2.31. The SMILES string of the molecule is O=C(n1cncn1)n1nc(C(Cl)(Cl)Cl)nc1Cc1ccccc1. The summed E-state index contributed by atoms with van der Waals surface area (Å²) >= 11 is 17.5. The lowest BCUT2D eigenvalue weighted by molar-refractivity contribution is 0.237.